The van der Waals surface area contributed by atoms with Gasteiger partial charge in [-0.25, -0.2) is 0 Å². The van der Waals surface area contributed by atoms with Gasteiger partial charge in [0.25, 0.3) is 0 Å². The minimum atomic E-state index is -0.314. The molecule has 0 saturated carbocycles. The molecule has 1 unspecified atom stereocenters. The van der Waals surface area contributed by atoms with E-state index >= 15 is 0 Å². The number of piperazine rings is 1. The Bertz CT molecular complexity index is 281. The van der Waals surface area contributed by atoms with Gasteiger partial charge in [-0.1, -0.05) is 26.7 Å². The highest BCUT2D eigenvalue weighted by molar-refractivity contribution is 5.94. The molecule has 1 rings (SSSR count). The molecular weight excluding hydrogens is 232 g/mol. The first kappa shape index (κ1) is 15.0. The number of nitrogens with one attached hydrogen (secondary N) is 1. The lowest BCUT2D eigenvalue weighted by Gasteiger charge is -2.34. The molecule has 0 aliphatic carbocycles. The van der Waals surface area contributed by atoms with Crippen molar-refractivity contribution in [2.75, 3.05) is 26.3 Å². The topological polar surface area (TPSA) is 58.6 Å². The normalized spacial score (nSPS) is 20.1. The third-order valence-electron chi connectivity index (χ3n) is 3.09. The van der Waals surface area contributed by atoms with E-state index in [0.717, 1.165) is 25.9 Å². The predicted octanol–water partition coefficient (Wildman–Crippen LogP) is 0.930. The highest BCUT2D eigenvalue weighted by atomic mass is 16.5. The number of carbonyl (C=O) groups is 2. The lowest BCUT2D eigenvalue weighted by atomic mass is 10.1. The molecule has 1 aliphatic rings. The Balaban J connectivity index is 2.41. The number of ether oxygens (including phenoxy) is 1. The second-order valence-corrected chi connectivity index (χ2v) is 4.58. The zero-order valence-electron chi connectivity index (χ0n) is 11.4. The predicted molar refractivity (Wildman–Crippen MR) is 69.1 cm³/mol. The Kier molecular flexibility index (Phi) is 6.72. The Morgan fingerprint density at radius 3 is 2.72 bits per heavy atom. The Morgan fingerprint density at radius 2 is 2.06 bits per heavy atom. The standard InChI is InChI=1S/C13H24N2O3/c1-3-5-8-18-9-7-15-11(6-4-2)13(17)14-10-12(15)16/h11H,3-10H2,1-2H3,(H,14,17). The molecule has 5 nitrogen and oxygen atoms in total. The van der Waals surface area contributed by atoms with Crippen molar-refractivity contribution in [1.82, 2.24) is 10.2 Å². The Hall–Kier alpha value is -1.10. The van der Waals surface area contributed by atoms with E-state index in [-0.39, 0.29) is 24.4 Å². The highest BCUT2D eigenvalue weighted by Gasteiger charge is 2.33. The van der Waals surface area contributed by atoms with Gasteiger partial charge in [0, 0.05) is 13.2 Å². The second kappa shape index (κ2) is 8.08. The molecule has 0 aromatic heterocycles. The van der Waals surface area contributed by atoms with Gasteiger partial charge in [-0.2, -0.15) is 0 Å². The van der Waals surface area contributed by atoms with Gasteiger partial charge in [-0.05, 0) is 12.8 Å². The van der Waals surface area contributed by atoms with Gasteiger partial charge in [-0.3, -0.25) is 9.59 Å². The average molecular weight is 256 g/mol. The summed E-state index contributed by atoms with van der Waals surface area (Å²) >= 11 is 0. The molecule has 18 heavy (non-hydrogen) atoms. The number of carbonyl (C=O) groups excluding carboxylic acids is 2. The number of rotatable bonds is 8. The summed E-state index contributed by atoms with van der Waals surface area (Å²) in [5.74, 6) is -0.0443. The van der Waals surface area contributed by atoms with E-state index in [1.165, 1.54) is 0 Å². The van der Waals surface area contributed by atoms with Crippen LogP contribution in [0, 0.1) is 0 Å². The third kappa shape index (κ3) is 4.29. The van der Waals surface area contributed by atoms with Crippen LogP contribution in [0.15, 0.2) is 0 Å². The van der Waals surface area contributed by atoms with Crippen molar-refractivity contribution in [3.05, 3.63) is 0 Å². The second-order valence-electron chi connectivity index (χ2n) is 4.58. The van der Waals surface area contributed by atoms with Crippen LogP contribution in [0.4, 0.5) is 0 Å². The summed E-state index contributed by atoms with van der Waals surface area (Å²) in [5.41, 5.74) is 0. The van der Waals surface area contributed by atoms with Crippen LogP contribution in [0.1, 0.15) is 39.5 Å². The molecule has 1 atom stereocenters. The van der Waals surface area contributed by atoms with Gasteiger partial charge in [0.05, 0.1) is 13.2 Å². The lowest BCUT2D eigenvalue weighted by Crippen LogP contribution is -2.58. The number of amides is 2. The minimum Gasteiger partial charge on any atom is -0.380 e. The molecule has 0 aromatic rings. The smallest absolute Gasteiger partial charge is 0.243 e. The zero-order valence-corrected chi connectivity index (χ0v) is 11.4. The van der Waals surface area contributed by atoms with Crippen molar-refractivity contribution < 1.29 is 14.3 Å². The SMILES string of the molecule is CCCCOCCN1C(=O)CNC(=O)C1CCC. The van der Waals surface area contributed by atoms with Crippen LogP contribution in [-0.4, -0.2) is 49.1 Å². The maximum atomic E-state index is 11.8. The summed E-state index contributed by atoms with van der Waals surface area (Å²) in [4.78, 5) is 25.2. The monoisotopic (exact) mass is 256 g/mol. The summed E-state index contributed by atoms with van der Waals surface area (Å²) in [5, 5.41) is 2.64. The fourth-order valence-corrected chi connectivity index (χ4v) is 2.05. The van der Waals surface area contributed by atoms with Crippen molar-refractivity contribution in [2.45, 2.75) is 45.6 Å². The van der Waals surface area contributed by atoms with E-state index < -0.39 is 0 Å². The van der Waals surface area contributed by atoms with Crippen LogP contribution in [0.3, 0.4) is 0 Å². The molecular formula is C13H24N2O3. The molecule has 1 saturated heterocycles. The number of hydrogen-bond acceptors (Lipinski definition) is 3. The van der Waals surface area contributed by atoms with Crippen molar-refractivity contribution >= 4 is 11.8 Å². The fraction of sp³-hybridized carbons (Fsp3) is 0.846. The van der Waals surface area contributed by atoms with Crippen molar-refractivity contribution in [1.29, 1.82) is 0 Å². The van der Waals surface area contributed by atoms with Crippen molar-refractivity contribution in [3.63, 3.8) is 0 Å². The number of unbranched alkanes of at least 4 members (excludes halogenated alkanes) is 1. The van der Waals surface area contributed by atoms with E-state index in [0.29, 0.717) is 19.6 Å². The number of hydrogen-bond donors (Lipinski definition) is 1. The van der Waals surface area contributed by atoms with Gasteiger partial charge in [0.2, 0.25) is 11.8 Å². The molecule has 5 heteroatoms. The molecule has 0 spiro atoms. The molecule has 1 N–H and O–H groups in total. The first-order chi connectivity index (χ1) is 8.70. The van der Waals surface area contributed by atoms with Crippen molar-refractivity contribution in [2.24, 2.45) is 0 Å². The van der Waals surface area contributed by atoms with Crippen LogP contribution < -0.4 is 5.32 Å². The zero-order chi connectivity index (χ0) is 13.4. The van der Waals surface area contributed by atoms with E-state index in [1.807, 2.05) is 6.92 Å². The van der Waals surface area contributed by atoms with Gasteiger partial charge < -0.3 is 15.0 Å². The quantitative estimate of drug-likeness (QED) is 0.657. The first-order valence-corrected chi connectivity index (χ1v) is 6.85. The minimum absolute atomic E-state index is 0.00728. The third-order valence-corrected chi connectivity index (χ3v) is 3.09. The first-order valence-electron chi connectivity index (χ1n) is 6.85. The van der Waals surface area contributed by atoms with Gasteiger partial charge >= 0.3 is 0 Å². The van der Waals surface area contributed by atoms with Crippen LogP contribution in [0.5, 0.6) is 0 Å². The molecule has 0 aromatic carbocycles. The summed E-state index contributed by atoms with van der Waals surface area (Å²) in [6, 6.07) is -0.314. The Morgan fingerprint density at radius 1 is 1.28 bits per heavy atom. The fourth-order valence-electron chi connectivity index (χ4n) is 2.05. The van der Waals surface area contributed by atoms with Crippen molar-refractivity contribution in [3.8, 4) is 0 Å². The molecule has 0 radical (unpaired) electrons. The molecule has 0 bridgehead atoms. The van der Waals surface area contributed by atoms with Crippen LogP contribution in [0.2, 0.25) is 0 Å². The summed E-state index contributed by atoms with van der Waals surface area (Å²) < 4.78 is 5.46. The van der Waals surface area contributed by atoms with E-state index in [9.17, 15) is 9.59 Å². The average Bonchev–Trinajstić information content (AvgIpc) is 2.36. The van der Waals surface area contributed by atoms with E-state index in [4.69, 9.17) is 4.74 Å². The molecule has 104 valence electrons. The lowest BCUT2D eigenvalue weighted by molar-refractivity contribution is -0.146. The van der Waals surface area contributed by atoms with Crippen LogP contribution in [-0.2, 0) is 14.3 Å². The van der Waals surface area contributed by atoms with E-state index in [1.54, 1.807) is 4.90 Å². The van der Waals surface area contributed by atoms with Gasteiger partial charge in [-0.15, -0.1) is 0 Å². The maximum Gasteiger partial charge on any atom is 0.243 e. The molecule has 2 amide bonds. The van der Waals surface area contributed by atoms with E-state index in [2.05, 4.69) is 12.2 Å². The Labute approximate surface area is 109 Å². The van der Waals surface area contributed by atoms with Crippen LogP contribution in [0.25, 0.3) is 0 Å². The van der Waals surface area contributed by atoms with Gasteiger partial charge in [0.1, 0.15) is 6.04 Å². The summed E-state index contributed by atoms with van der Waals surface area (Å²) in [6.45, 7) is 6.00. The largest absolute Gasteiger partial charge is 0.380 e. The number of nitrogens with zero attached hydrogens (tertiary/aromatic N) is 1. The molecule has 1 heterocycles. The molecule has 1 aliphatic heterocycles. The maximum absolute atomic E-state index is 11.8. The molecule has 1 fully saturated rings. The van der Waals surface area contributed by atoms with Crippen LogP contribution >= 0.6 is 0 Å². The highest BCUT2D eigenvalue weighted by Crippen LogP contribution is 2.11. The summed E-state index contributed by atoms with van der Waals surface area (Å²) in [7, 11) is 0. The summed E-state index contributed by atoms with van der Waals surface area (Å²) in [6.07, 6.45) is 3.74. The van der Waals surface area contributed by atoms with Gasteiger partial charge in [0.15, 0.2) is 0 Å².